The Kier molecular flexibility index (Phi) is 3.66. The second kappa shape index (κ2) is 5.02. The molecule has 1 unspecified atom stereocenters. The first kappa shape index (κ1) is 11.7. The fraction of sp³-hybridized carbons (Fsp3) is 0.500. The molecule has 1 heterocycles. The van der Waals surface area contributed by atoms with Gasteiger partial charge >= 0.3 is 0 Å². The van der Waals surface area contributed by atoms with Crippen LogP contribution in [-0.4, -0.2) is 20.2 Å². The molecule has 1 fully saturated rings. The zero-order chi connectivity index (χ0) is 11.5. The van der Waals surface area contributed by atoms with Crippen LogP contribution in [0.1, 0.15) is 12.0 Å². The maximum Gasteiger partial charge on any atom is 0.148 e. The van der Waals surface area contributed by atoms with Crippen LogP contribution >= 0.6 is 11.6 Å². The summed E-state index contributed by atoms with van der Waals surface area (Å²) in [5.41, 5.74) is 0.601. The summed E-state index contributed by atoms with van der Waals surface area (Å²) in [7, 11) is 1.55. The van der Waals surface area contributed by atoms with Crippen molar-refractivity contribution in [3.63, 3.8) is 0 Å². The Morgan fingerprint density at radius 2 is 2.38 bits per heavy atom. The Labute approximate surface area is 99.7 Å². The molecule has 0 radical (unpaired) electrons. The summed E-state index contributed by atoms with van der Waals surface area (Å²) < 4.78 is 19.0. The van der Waals surface area contributed by atoms with Gasteiger partial charge in [-0.25, -0.2) is 4.39 Å². The summed E-state index contributed by atoms with van der Waals surface area (Å²) in [6.07, 6.45) is 1.76. The van der Waals surface area contributed by atoms with E-state index < -0.39 is 0 Å². The van der Waals surface area contributed by atoms with Crippen molar-refractivity contribution in [3.8, 4) is 5.75 Å². The van der Waals surface area contributed by atoms with Gasteiger partial charge < -0.3 is 10.1 Å². The molecule has 0 spiro atoms. The summed E-state index contributed by atoms with van der Waals surface area (Å²) in [5.74, 6) is 0.726. The number of nitrogens with one attached hydrogen (secondary N) is 1. The van der Waals surface area contributed by atoms with Gasteiger partial charge in [0.1, 0.15) is 11.6 Å². The third-order valence-electron chi connectivity index (χ3n) is 3.03. The van der Waals surface area contributed by atoms with Gasteiger partial charge in [-0.05, 0) is 44.0 Å². The molecule has 1 N–H and O–H groups in total. The topological polar surface area (TPSA) is 21.3 Å². The van der Waals surface area contributed by atoms with E-state index >= 15 is 0 Å². The van der Waals surface area contributed by atoms with Crippen molar-refractivity contribution in [1.82, 2.24) is 5.32 Å². The smallest absolute Gasteiger partial charge is 0.148 e. The highest BCUT2D eigenvalue weighted by molar-refractivity contribution is 6.30. The molecule has 1 aromatic rings. The van der Waals surface area contributed by atoms with Crippen molar-refractivity contribution in [3.05, 3.63) is 28.5 Å². The largest absolute Gasteiger partial charge is 0.496 e. The Balaban J connectivity index is 2.25. The van der Waals surface area contributed by atoms with Crippen LogP contribution < -0.4 is 10.1 Å². The van der Waals surface area contributed by atoms with E-state index in [1.807, 2.05) is 0 Å². The minimum atomic E-state index is -0.340. The molecule has 0 bridgehead atoms. The summed E-state index contributed by atoms with van der Waals surface area (Å²) in [5, 5.41) is 3.44. The fourth-order valence-electron chi connectivity index (χ4n) is 2.13. The molecular weight excluding hydrogens is 229 g/mol. The molecule has 0 aliphatic carbocycles. The quantitative estimate of drug-likeness (QED) is 0.881. The van der Waals surface area contributed by atoms with Gasteiger partial charge in [-0.2, -0.15) is 0 Å². The summed E-state index contributed by atoms with van der Waals surface area (Å²) in [6.45, 7) is 1.95. The van der Waals surface area contributed by atoms with Crippen LogP contribution in [-0.2, 0) is 6.42 Å². The first-order chi connectivity index (χ1) is 7.72. The van der Waals surface area contributed by atoms with Crippen molar-refractivity contribution in [1.29, 1.82) is 0 Å². The minimum Gasteiger partial charge on any atom is -0.496 e. The third kappa shape index (κ3) is 2.30. The van der Waals surface area contributed by atoms with E-state index in [0.717, 1.165) is 19.5 Å². The van der Waals surface area contributed by atoms with E-state index in [1.165, 1.54) is 6.07 Å². The van der Waals surface area contributed by atoms with E-state index in [1.54, 1.807) is 13.2 Å². The first-order valence-electron chi connectivity index (χ1n) is 5.44. The molecule has 0 amide bonds. The molecule has 1 atom stereocenters. The molecule has 2 rings (SSSR count). The van der Waals surface area contributed by atoms with Crippen LogP contribution in [0.2, 0.25) is 5.02 Å². The molecule has 1 saturated heterocycles. The van der Waals surface area contributed by atoms with Crippen molar-refractivity contribution >= 4 is 11.6 Å². The fourth-order valence-corrected chi connectivity index (χ4v) is 2.31. The van der Waals surface area contributed by atoms with E-state index in [9.17, 15) is 4.39 Å². The third-order valence-corrected chi connectivity index (χ3v) is 3.32. The molecular formula is C12H15ClFNO. The number of rotatable bonds is 3. The van der Waals surface area contributed by atoms with Gasteiger partial charge in [-0.15, -0.1) is 0 Å². The van der Waals surface area contributed by atoms with Crippen molar-refractivity contribution in [2.75, 3.05) is 20.2 Å². The standard InChI is InChI=1S/C12H15ClFNO/c1-16-11-3-2-10(13)12(14)9(11)6-8-4-5-15-7-8/h2-3,8,15H,4-7H2,1H3. The molecule has 88 valence electrons. The van der Waals surface area contributed by atoms with E-state index in [4.69, 9.17) is 16.3 Å². The minimum absolute atomic E-state index is 0.168. The molecule has 1 aliphatic rings. The summed E-state index contributed by atoms with van der Waals surface area (Å²) >= 11 is 5.78. The predicted octanol–water partition coefficient (Wildman–Crippen LogP) is 2.64. The van der Waals surface area contributed by atoms with Gasteiger partial charge in [0.05, 0.1) is 12.1 Å². The summed E-state index contributed by atoms with van der Waals surface area (Å²) in [6, 6.07) is 3.26. The van der Waals surface area contributed by atoms with Crippen LogP contribution in [0.3, 0.4) is 0 Å². The zero-order valence-corrected chi connectivity index (χ0v) is 9.98. The average Bonchev–Trinajstić information content (AvgIpc) is 2.78. The van der Waals surface area contributed by atoms with Gasteiger partial charge in [0.15, 0.2) is 0 Å². The number of benzene rings is 1. The van der Waals surface area contributed by atoms with E-state index in [0.29, 0.717) is 23.7 Å². The normalized spacial score (nSPS) is 20.1. The Hall–Kier alpha value is -0.800. The lowest BCUT2D eigenvalue weighted by Crippen LogP contribution is -2.12. The second-order valence-electron chi connectivity index (χ2n) is 4.11. The van der Waals surface area contributed by atoms with Crippen molar-refractivity contribution in [2.45, 2.75) is 12.8 Å². The van der Waals surface area contributed by atoms with E-state index in [2.05, 4.69) is 5.32 Å². The average molecular weight is 244 g/mol. The highest BCUT2D eigenvalue weighted by Gasteiger charge is 2.20. The molecule has 4 heteroatoms. The summed E-state index contributed by atoms with van der Waals surface area (Å²) in [4.78, 5) is 0. The highest BCUT2D eigenvalue weighted by atomic mass is 35.5. The Morgan fingerprint density at radius 1 is 1.56 bits per heavy atom. The van der Waals surface area contributed by atoms with Crippen molar-refractivity contribution < 1.29 is 9.13 Å². The monoisotopic (exact) mass is 243 g/mol. The molecule has 2 nitrogen and oxygen atoms in total. The Bertz CT molecular complexity index is 378. The molecule has 1 aromatic carbocycles. The van der Waals surface area contributed by atoms with Gasteiger partial charge in [-0.3, -0.25) is 0 Å². The number of ether oxygens (including phenoxy) is 1. The number of hydrogen-bond donors (Lipinski definition) is 1. The maximum absolute atomic E-state index is 13.9. The molecule has 0 aromatic heterocycles. The number of halogens is 2. The number of hydrogen-bond acceptors (Lipinski definition) is 2. The van der Waals surface area contributed by atoms with Gasteiger partial charge in [0.25, 0.3) is 0 Å². The Morgan fingerprint density at radius 3 is 3.00 bits per heavy atom. The second-order valence-corrected chi connectivity index (χ2v) is 4.51. The maximum atomic E-state index is 13.9. The molecule has 16 heavy (non-hydrogen) atoms. The lowest BCUT2D eigenvalue weighted by molar-refractivity contribution is 0.399. The van der Waals surface area contributed by atoms with Crippen LogP contribution in [0.5, 0.6) is 5.75 Å². The van der Waals surface area contributed by atoms with Gasteiger partial charge in [0, 0.05) is 5.56 Å². The first-order valence-corrected chi connectivity index (χ1v) is 5.81. The lowest BCUT2D eigenvalue weighted by atomic mass is 9.97. The lowest BCUT2D eigenvalue weighted by Gasteiger charge is -2.13. The van der Waals surface area contributed by atoms with Crippen LogP contribution in [0.4, 0.5) is 4.39 Å². The zero-order valence-electron chi connectivity index (χ0n) is 9.22. The molecule has 1 aliphatic heterocycles. The highest BCUT2D eigenvalue weighted by Crippen LogP contribution is 2.30. The molecule has 0 saturated carbocycles. The van der Waals surface area contributed by atoms with Crippen LogP contribution in [0.15, 0.2) is 12.1 Å². The van der Waals surface area contributed by atoms with Crippen LogP contribution in [0, 0.1) is 11.7 Å². The van der Waals surface area contributed by atoms with E-state index in [-0.39, 0.29) is 10.8 Å². The van der Waals surface area contributed by atoms with Gasteiger partial charge in [-0.1, -0.05) is 11.6 Å². The van der Waals surface area contributed by atoms with Crippen LogP contribution in [0.25, 0.3) is 0 Å². The number of methoxy groups -OCH3 is 1. The van der Waals surface area contributed by atoms with Gasteiger partial charge in [0.2, 0.25) is 0 Å². The predicted molar refractivity (Wildman–Crippen MR) is 62.6 cm³/mol. The van der Waals surface area contributed by atoms with Crippen molar-refractivity contribution in [2.24, 2.45) is 5.92 Å². The SMILES string of the molecule is COc1ccc(Cl)c(F)c1CC1CCNC1.